The lowest BCUT2D eigenvalue weighted by Crippen LogP contribution is -2.56. The van der Waals surface area contributed by atoms with Crippen molar-refractivity contribution in [1.29, 1.82) is 0 Å². The largest absolute Gasteiger partial charge is 0.462 e. The number of thioether (sulfide) groups is 1. The van der Waals surface area contributed by atoms with Crippen LogP contribution in [-0.4, -0.2) is 71.6 Å². The van der Waals surface area contributed by atoms with Crippen molar-refractivity contribution in [2.45, 2.75) is 57.3 Å². The van der Waals surface area contributed by atoms with Crippen molar-refractivity contribution in [2.75, 3.05) is 19.0 Å². The Morgan fingerprint density at radius 2 is 1.33 bits per heavy atom. The summed E-state index contributed by atoms with van der Waals surface area (Å²) in [5.41, 5.74) is 1.78. The number of nitrogens with one attached hydrogen (secondary N) is 1. The molecule has 60 heavy (non-hydrogen) atoms. The molecule has 0 radical (unpaired) electrons. The molecule has 0 aliphatic carbocycles. The molecular weight excluding hydrogens is 795 g/mol. The summed E-state index contributed by atoms with van der Waals surface area (Å²) in [7, 11) is 1.78. The molecule has 0 aromatic heterocycles. The summed E-state index contributed by atoms with van der Waals surface area (Å²) in [5, 5.41) is 24.2. The molecule has 16 nitrogen and oxygen atoms in total. The SMILES string of the molecule is CC(=O)OC[C@@H](OC(C)=O)[C@H](OC(C)=O)[C@H](OC(C)=O)[C@H]1C(N=Nc2ccccc2)=C(N(C)Cc2ccccc2)S[C@@]1(C(=O)Nc1ccc([N+](=O)[O-])cc1)c1ccccc1. The third-order valence-corrected chi connectivity index (χ3v) is 10.8. The number of anilines is 1. The van der Waals surface area contributed by atoms with Crippen LogP contribution < -0.4 is 5.32 Å². The van der Waals surface area contributed by atoms with Gasteiger partial charge in [-0.2, -0.15) is 10.2 Å². The minimum absolute atomic E-state index is 0.113. The minimum Gasteiger partial charge on any atom is -0.462 e. The Hall–Kier alpha value is -6.88. The Bertz CT molecular complexity index is 2240. The third kappa shape index (κ3) is 11.0. The number of ether oxygens (including phenoxy) is 4. The second kappa shape index (κ2) is 20.2. The monoisotopic (exact) mass is 837 g/mol. The lowest BCUT2D eigenvalue weighted by Gasteiger charge is -2.41. The average Bonchev–Trinajstić information content (AvgIpc) is 3.57. The third-order valence-electron chi connectivity index (χ3n) is 9.12. The highest BCUT2D eigenvalue weighted by atomic mass is 32.2. The van der Waals surface area contributed by atoms with E-state index in [9.17, 15) is 29.3 Å². The van der Waals surface area contributed by atoms with Crippen molar-refractivity contribution in [3.05, 3.63) is 147 Å². The summed E-state index contributed by atoms with van der Waals surface area (Å²) in [5.74, 6) is -5.50. The highest BCUT2D eigenvalue weighted by Gasteiger charge is 2.63. The number of nitrogens with zero attached hydrogens (tertiary/aromatic N) is 4. The molecule has 1 aliphatic rings. The first kappa shape index (κ1) is 44.2. The Morgan fingerprint density at radius 1 is 0.767 bits per heavy atom. The van der Waals surface area contributed by atoms with Crippen LogP contribution in [0.4, 0.5) is 17.1 Å². The van der Waals surface area contributed by atoms with Crippen molar-refractivity contribution in [2.24, 2.45) is 16.1 Å². The zero-order chi connectivity index (χ0) is 43.4. The number of rotatable bonds is 17. The Morgan fingerprint density at radius 3 is 1.88 bits per heavy atom. The normalized spacial score (nSPS) is 17.5. The fourth-order valence-corrected chi connectivity index (χ4v) is 8.27. The number of carbonyl (C=O) groups excluding carboxylic acids is 5. The van der Waals surface area contributed by atoms with Gasteiger partial charge in [0.25, 0.3) is 5.69 Å². The molecule has 0 fully saturated rings. The molecule has 4 aromatic rings. The number of non-ortho nitro benzene ring substituents is 1. The van der Waals surface area contributed by atoms with Crippen LogP contribution in [0, 0.1) is 16.0 Å². The minimum atomic E-state index is -1.89. The predicted molar refractivity (Wildman–Crippen MR) is 220 cm³/mol. The highest BCUT2D eigenvalue weighted by Crippen LogP contribution is 2.60. The number of hydrogen-bond acceptors (Lipinski definition) is 15. The second-order valence-corrected chi connectivity index (χ2v) is 14.8. The smallest absolute Gasteiger partial charge is 0.303 e. The maximum Gasteiger partial charge on any atom is 0.303 e. The lowest BCUT2D eigenvalue weighted by atomic mass is 9.76. The van der Waals surface area contributed by atoms with Gasteiger partial charge in [-0.3, -0.25) is 34.1 Å². The molecule has 17 heteroatoms. The van der Waals surface area contributed by atoms with Gasteiger partial charge in [0.1, 0.15) is 17.1 Å². The van der Waals surface area contributed by atoms with E-state index in [1.54, 1.807) is 67.7 Å². The van der Waals surface area contributed by atoms with Crippen molar-refractivity contribution in [1.82, 2.24) is 4.90 Å². The molecule has 0 saturated heterocycles. The highest BCUT2D eigenvalue weighted by molar-refractivity contribution is 8.04. The van der Waals surface area contributed by atoms with E-state index >= 15 is 4.79 Å². The maximum absolute atomic E-state index is 15.5. The molecule has 0 saturated carbocycles. The summed E-state index contributed by atoms with van der Waals surface area (Å²) in [6, 6.07) is 31.9. The summed E-state index contributed by atoms with van der Waals surface area (Å²) in [4.78, 5) is 79.5. The molecule has 5 rings (SSSR count). The lowest BCUT2D eigenvalue weighted by molar-refractivity contribution is -0.384. The van der Waals surface area contributed by atoms with Crippen molar-refractivity contribution >= 4 is 58.6 Å². The number of esters is 4. The molecule has 1 aliphatic heterocycles. The molecule has 0 unspecified atom stereocenters. The fourth-order valence-electron chi connectivity index (χ4n) is 6.70. The molecule has 1 N–H and O–H groups in total. The van der Waals surface area contributed by atoms with E-state index in [1.807, 2.05) is 35.2 Å². The fraction of sp³-hybridized carbons (Fsp3) is 0.279. The molecule has 4 aromatic carbocycles. The maximum atomic E-state index is 15.5. The topological polar surface area (TPSA) is 205 Å². The zero-order valence-electron chi connectivity index (χ0n) is 33.4. The standard InChI is InChI=1S/C43H43N5O11S/c1-27(49)56-26-36(57-28(2)50)39(58-29(3)51)40(59-30(4)52)37-38(46-45-34-19-13-8-14-20-34)41(47(5)25-31-15-9-6-10-16-31)60-43(37,32-17-11-7-12-18-32)42(53)44-33-21-23-35(24-22-33)48(54)55/h6-24,36-37,39-40H,25-26H2,1-5H3,(H,44,53)/t36-,37-,39+,40-,43+/m1/s1. The molecule has 1 heterocycles. The summed E-state index contributed by atoms with van der Waals surface area (Å²) in [6.07, 6.45) is -5.01. The zero-order valence-corrected chi connectivity index (χ0v) is 34.2. The van der Waals surface area contributed by atoms with E-state index in [-0.39, 0.29) is 17.1 Å². The van der Waals surface area contributed by atoms with E-state index in [0.29, 0.717) is 22.8 Å². The summed E-state index contributed by atoms with van der Waals surface area (Å²) >= 11 is 1.07. The van der Waals surface area contributed by atoms with Crippen LogP contribution >= 0.6 is 11.8 Å². The predicted octanol–water partition coefficient (Wildman–Crippen LogP) is 7.24. The van der Waals surface area contributed by atoms with Gasteiger partial charge in [-0.15, -0.1) is 0 Å². The van der Waals surface area contributed by atoms with Gasteiger partial charge in [0.2, 0.25) is 5.91 Å². The van der Waals surface area contributed by atoms with Gasteiger partial charge in [0, 0.05) is 59.1 Å². The quantitative estimate of drug-likeness (QED) is 0.0367. The van der Waals surface area contributed by atoms with E-state index in [4.69, 9.17) is 24.1 Å². The number of azo groups is 1. The van der Waals surface area contributed by atoms with Gasteiger partial charge in [-0.1, -0.05) is 90.6 Å². The molecule has 0 spiro atoms. The average molecular weight is 838 g/mol. The van der Waals surface area contributed by atoms with Gasteiger partial charge in [0.15, 0.2) is 18.3 Å². The molecule has 1 amide bonds. The van der Waals surface area contributed by atoms with E-state index in [1.165, 1.54) is 24.3 Å². The van der Waals surface area contributed by atoms with Gasteiger partial charge in [-0.05, 0) is 35.4 Å². The first-order valence-electron chi connectivity index (χ1n) is 18.6. The van der Waals surface area contributed by atoms with Crippen LogP contribution in [0.1, 0.15) is 38.8 Å². The summed E-state index contributed by atoms with van der Waals surface area (Å²) < 4.78 is 21.1. The molecule has 0 bridgehead atoms. The van der Waals surface area contributed by atoms with Crippen molar-refractivity contribution in [3.8, 4) is 0 Å². The van der Waals surface area contributed by atoms with E-state index < -0.39 is 70.3 Å². The van der Waals surface area contributed by atoms with Crippen LogP contribution in [-0.2, 0) is 54.2 Å². The van der Waals surface area contributed by atoms with E-state index in [2.05, 4.69) is 10.4 Å². The number of carbonyl (C=O) groups is 5. The van der Waals surface area contributed by atoms with Crippen molar-refractivity contribution < 1.29 is 47.8 Å². The van der Waals surface area contributed by atoms with Gasteiger partial charge in [0.05, 0.1) is 21.6 Å². The number of hydrogen-bond donors (Lipinski definition) is 1. The Labute approximate surface area is 350 Å². The van der Waals surface area contributed by atoms with Crippen LogP contribution in [0.2, 0.25) is 0 Å². The summed E-state index contributed by atoms with van der Waals surface area (Å²) in [6.45, 7) is 4.09. The van der Waals surface area contributed by atoms with Crippen LogP contribution in [0.3, 0.4) is 0 Å². The van der Waals surface area contributed by atoms with Crippen LogP contribution in [0.5, 0.6) is 0 Å². The van der Waals surface area contributed by atoms with Gasteiger partial charge >= 0.3 is 23.9 Å². The van der Waals surface area contributed by atoms with Crippen molar-refractivity contribution in [3.63, 3.8) is 0 Å². The number of nitro benzene ring substituents is 1. The Balaban J connectivity index is 1.87. The molecule has 5 atom stereocenters. The number of nitro groups is 1. The molecule has 312 valence electrons. The van der Waals surface area contributed by atoms with Gasteiger partial charge < -0.3 is 29.2 Å². The second-order valence-electron chi connectivity index (χ2n) is 13.6. The van der Waals surface area contributed by atoms with Crippen LogP contribution in [0.15, 0.2) is 136 Å². The van der Waals surface area contributed by atoms with E-state index in [0.717, 1.165) is 45.0 Å². The van der Waals surface area contributed by atoms with Gasteiger partial charge in [-0.25, -0.2) is 0 Å². The number of benzene rings is 4. The first-order valence-corrected chi connectivity index (χ1v) is 19.4. The first-order chi connectivity index (χ1) is 28.7. The molecular formula is C43H43N5O11S. The Kier molecular flexibility index (Phi) is 14.9. The van der Waals surface area contributed by atoms with Crippen LogP contribution in [0.25, 0.3) is 0 Å². The number of amides is 1.